The molecule has 1 aromatic heterocycles. The molecule has 0 bridgehead atoms. The van der Waals surface area contributed by atoms with E-state index in [4.69, 9.17) is 5.73 Å². The molecule has 3 N–H and O–H groups in total. The minimum atomic E-state index is -0.384. The van der Waals surface area contributed by atoms with Crippen molar-refractivity contribution in [2.45, 2.75) is 6.17 Å². The number of benzene rings is 2. The molecular formula is C18H18N6O. The van der Waals surface area contributed by atoms with Crippen LogP contribution in [0.25, 0.3) is 10.9 Å². The van der Waals surface area contributed by atoms with Crippen molar-refractivity contribution in [3.63, 3.8) is 0 Å². The second-order valence-electron chi connectivity index (χ2n) is 6.13. The zero-order chi connectivity index (χ0) is 17.6. The van der Waals surface area contributed by atoms with E-state index in [1.807, 2.05) is 66.0 Å². The van der Waals surface area contributed by atoms with Crippen molar-refractivity contribution in [3.05, 3.63) is 64.4 Å². The Bertz CT molecular complexity index is 1040. The molecule has 7 heteroatoms. The van der Waals surface area contributed by atoms with Crippen molar-refractivity contribution in [1.29, 1.82) is 0 Å². The predicted molar refractivity (Wildman–Crippen MR) is 100 cm³/mol. The number of aliphatic imine (C=N–C) groups is 1. The Morgan fingerprint density at radius 2 is 1.84 bits per heavy atom. The molecular weight excluding hydrogens is 316 g/mol. The van der Waals surface area contributed by atoms with Crippen molar-refractivity contribution >= 4 is 28.5 Å². The molecule has 0 fully saturated rings. The average molecular weight is 334 g/mol. The molecule has 2 aromatic carbocycles. The van der Waals surface area contributed by atoms with Crippen LogP contribution < -0.4 is 21.5 Å². The number of fused-ring (bicyclic) bond motifs is 3. The maximum Gasteiger partial charge on any atom is 0.282 e. The van der Waals surface area contributed by atoms with Crippen LogP contribution in [0.3, 0.4) is 0 Å². The van der Waals surface area contributed by atoms with E-state index < -0.39 is 0 Å². The molecule has 2 heterocycles. The van der Waals surface area contributed by atoms with E-state index in [1.54, 1.807) is 6.07 Å². The van der Waals surface area contributed by atoms with Crippen LogP contribution in [0, 0.1) is 0 Å². The maximum absolute atomic E-state index is 12.3. The first kappa shape index (κ1) is 15.2. The van der Waals surface area contributed by atoms with E-state index in [2.05, 4.69) is 15.3 Å². The standard InChI is InChI=1S/C18H18N6O/c1-23(2)12-9-7-11(8-10-12)15-20-17(19)22-18-21-16(25)13-5-3-4-6-14(13)24(15)18/h3-10,15H,1-2H3,(H3,19,20,21,22,25)/t15-/m0/s1. The molecule has 0 radical (unpaired) electrons. The fraction of sp³-hybridized carbons (Fsp3) is 0.167. The van der Waals surface area contributed by atoms with Crippen LogP contribution in [0.4, 0.5) is 11.6 Å². The molecule has 0 saturated carbocycles. The molecule has 126 valence electrons. The van der Waals surface area contributed by atoms with E-state index >= 15 is 0 Å². The summed E-state index contributed by atoms with van der Waals surface area (Å²) in [6, 6.07) is 15.5. The Hall–Kier alpha value is -3.35. The van der Waals surface area contributed by atoms with Gasteiger partial charge in [-0.15, -0.1) is 0 Å². The van der Waals surface area contributed by atoms with Gasteiger partial charge in [0.2, 0.25) is 5.95 Å². The number of nitrogens with one attached hydrogen (secondary N) is 1. The second kappa shape index (κ2) is 5.62. The SMILES string of the molecule is CN(C)c1ccc([C@H]2N=C(N)Nc3nc(=O)c4ccccc4n32)cc1. The number of aromatic nitrogens is 2. The largest absolute Gasteiger partial charge is 0.378 e. The maximum atomic E-state index is 12.3. The summed E-state index contributed by atoms with van der Waals surface area (Å²) in [7, 11) is 3.99. The molecule has 4 rings (SSSR count). The predicted octanol–water partition coefficient (Wildman–Crippen LogP) is 1.75. The van der Waals surface area contributed by atoms with Gasteiger partial charge < -0.3 is 10.6 Å². The molecule has 1 atom stereocenters. The first-order valence-electron chi connectivity index (χ1n) is 7.93. The van der Waals surface area contributed by atoms with Gasteiger partial charge in [-0.3, -0.25) is 14.7 Å². The number of hydrogen-bond donors (Lipinski definition) is 2. The molecule has 0 saturated heterocycles. The molecule has 0 amide bonds. The van der Waals surface area contributed by atoms with Crippen LogP contribution in [-0.2, 0) is 0 Å². The molecule has 0 spiro atoms. The zero-order valence-corrected chi connectivity index (χ0v) is 14.0. The number of nitrogens with zero attached hydrogens (tertiary/aromatic N) is 4. The molecule has 25 heavy (non-hydrogen) atoms. The molecule has 7 nitrogen and oxygen atoms in total. The van der Waals surface area contributed by atoms with E-state index in [9.17, 15) is 4.79 Å². The van der Waals surface area contributed by atoms with Gasteiger partial charge in [-0.1, -0.05) is 24.3 Å². The van der Waals surface area contributed by atoms with Crippen LogP contribution in [0.15, 0.2) is 58.3 Å². The Labute approximate surface area is 144 Å². The first-order chi connectivity index (χ1) is 12.0. The van der Waals surface area contributed by atoms with Crippen molar-refractivity contribution in [2.75, 3.05) is 24.3 Å². The first-order valence-corrected chi connectivity index (χ1v) is 7.93. The molecule has 0 unspecified atom stereocenters. The summed E-state index contributed by atoms with van der Waals surface area (Å²) < 4.78 is 1.90. The summed E-state index contributed by atoms with van der Waals surface area (Å²) in [5.41, 5.74) is 8.47. The number of guanidine groups is 1. The van der Waals surface area contributed by atoms with Crippen molar-refractivity contribution in [3.8, 4) is 0 Å². The second-order valence-corrected chi connectivity index (χ2v) is 6.13. The number of hydrogen-bond acceptors (Lipinski definition) is 6. The highest BCUT2D eigenvalue weighted by molar-refractivity contribution is 5.93. The van der Waals surface area contributed by atoms with E-state index in [0.717, 1.165) is 16.8 Å². The van der Waals surface area contributed by atoms with Gasteiger partial charge in [-0.2, -0.15) is 4.98 Å². The van der Waals surface area contributed by atoms with Gasteiger partial charge in [0.1, 0.15) is 0 Å². The van der Waals surface area contributed by atoms with Gasteiger partial charge in [0.05, 0.1) is 10.9 Å². The Morgan fingerprint density at radius 3 is 2.56 bits per heavy atom. The van der Waals surface area contributed by atoms with Gasteiger partial charge in [-0.05, 0) is 29.8 Å². The van der Waals surface area contributed by atoms with Gasteiger partial charge in [0.25, 0.3) is 5.56 Å². The van der Waals surface area contributed by atoms with E-state index in [0.29, 0.717) is 11.3 Å². The third kappa shape index (κ3) is 2.50. The van der Waals surface area contributed by atoms with Gasteiger partial charge >= 0.3 is 0 Å². The highest BCUT2D eigenvalue weighted by Crippen LogP contribution is 2.30. The van der Waals surface area contributed by atoms with Gasteiger partial charge in [0, 0.05) is 19.8 Å². The summed E-state index contributed by atoms with van der Waals surface area (Å²) in [5.74, 6) is 0.641. The van der Waals surface area contributed by atoms with Gasteiger partial charge in [0.15, 0.2) is 12.1 Å². The fourth-order valence-electron chi connectivity index (χ4n) is 3.03. The van der Waals surface area contributed by atoms with Crippen molar-refractivity contribution in [2.24, 2.45) is 10.7 Å². The van der Waals surface area contributed by atoms with Crippen LogP contribution >= 0.6 is 0 Å². The molecule has 0 aliphatic carbocycles. The Kier molecular flexibility index (Phi) is 3.42. The van der Waals surface area contributed by atoms with E-state index in [-0.39, 0.29) is 17.7 Å². The molecule has 3 aromatic rings. The lowest BCUT2D eigenvalue weighted by atomic mass is 10.1. The quantitative estimate of drug-likeness (QED) is 0.745. The van der Waals surface area contributed by atoms with E-state index in [1.165, 1.54) is 0 Å². The van der Waals surface area contributed by atoms with Crippen molar-refractivity contribution < 1.29 is 0 Å². The number of nitrogens with two attached hydrogens (primary N) is 1. The normalized spacial score (nSPS) is 16.1. The van der Waals surface area contributed by atoms with Crippen LogP contribution in [0.2, 0.25) is 0 Å². The summed E-state index contributed by atoms with van der Waals surface area (Å²) in [6.07, 6.45) is -0.384. The highest BCUT2D eigenvalue weighted by atomic mass is 16.1. The number of anilines is 2. The highest BCUT2D eigenvalue weighted by Gasteiger charge is 2.24. The minimum Gasteiger partial charge on any atom is -0.378 e. The van der Waals surface area contributed by atoms with Crippen molar-refractivity contribution in [1.82, 2.24) is 9.55 Å². The Morgan fingerprint density at radius 1 is 1.12 bits per heavy atom. The molecule has 1 aliphatic heterocycles. The molecule has 1 aliphatic rings. The number of para-hydroxylation sites is 1. The van der Waals surface area contributed by atoms with Crippen LogP contribution in [-0.4, -0.2) is 29.6 Å². The lowest BCUT2D eigenvalue weighted by Gasteiger charge is -2.27. The topological polar surface area (TPSA) is 88.5 Å². The fourth-order valence-corrected chi connectivity index (χ4v) is 3.03. The smallest absolute Gasteiger partial charge is 0.282 e. The summed E-state index contributed by atoms with van der Waals surface area (Å²) >= 11 is 0. The summed E-state index contributed by atoms with van der Waals surface area (Å²) in [4.78, 5) is 23.0. The lowest BCUT2D eigenvalue weighted by Crippen LogP contribution is -2.34. The minimum absolute atomic E-state index is 0.240. The third-order valence-corrected chi connectivity index (χ3v) is 4.28. The third-order valence-electron chi connectivity index (χ3n) is 4.28. The Balaban J connectivity index is 1.94. The van der Waals surface area contributed by atoms with Gasteiger partial charge in [-0.25, -0.2) is 4.99 Å². The average Bonchev–Trinajstić information content (AvgIpc) is 2.61. The number of rotatable bonds is 2. The lowest BCUT2D eigenvalue weighted by molar-refractivity contribution is 0.616. The van der Waals surface area contributed by atoms with Crippen LogP contribution in [0.1, 0.15) is 11.7 Å². The zero-order valence-electron chi connectivity index (χ0n) is 14.0. The summed E-state index contributed by atoms with van der Waals surface area (Å²) in [5, 5.41) is 3.45. The van der Waals surface area contributed by atoms with Crippen LogP contribution in [0.5, 0.6) is 0 Å². The monoisotopic (exact) mass is 334 g/mol. The summed E-state index contributed by atoms with van der Waals surface area (Å²) in [6.45, 7) is 0.